The standard InChI is InChI=1S/C21H27N3O4S2/c1-21(2,3)10-18(25)23-11-14-9-15(13-23)17-7-6-16(20(26)24(17)12-14)22-30(27,28)19-5-4-8-29-19/h4-8,14-15,22H,9-13H2,1-3H3/t14-,15+/m0/s1. The van der Waals surface area contributed by atoms with Crippen molar-refractivity contribution in [1.82, 2.24) is 9.47 Å². The topological polar surface area (TPSA) is 88.5 Å². The molecule has 0 saturated carbocycles. The minimum absolute atomic E-state index is 0.0624. The molecule has 1 N–H and O–H groups in total. The van der Waals surface area contributed by atoms with Gasteiger partial charge in [-0.05, 0) is 41.3 Å². The fourth-order valence-corrected chi connectivity index (χ4v) is 6.45. The van der Waals surface area contributed by atoms with Crippen molar-refractivity contribution in [2.24, 2.45) is 11.3 Å². The first-order chi connectivity index (χ1) is 14.0. The largest absolute Gasteiger partial charge is 0.342 e. The number of fused-ring (bicyclic) bond motifs is 4. The summed E-state index contributed by atoms with van der Waals surface area (Å²) in [6, 6.07) is 6.55. The average Bonchev–Trinajstić information content (AvgIpc) is 3.18. The van der Waals surface area contributed by atoms with Gasteiger partial charge in [0.05, 0.1) is 0 Å². The first-order valence-electron chi connectivity index (χ1n) is 10.1. The molecule has 0 radical (unpaired) electrons. The van der Waals surface area contributed by atoms with Crippen molar-refractivity contribution in [3.8, 4) is 0 Å². The predicted octanol–water partition coefficient (Wildman–Crippen LogP) is 3.09. The van der Waals surface area contributed by atoms with Crippen LogP contribution in [0, 0.1) is 11.3 Å². The molecular formula is C21H27N3O4S2. The van der Waals surface area contributed by atoms with Crippen LogP contribution in [-0.2, 0) is 21.4 Å². The maximum atomic E-state index is 13.1. The van der Waals surface area contributed by atoms with Gasteiger partial charge in [0.15, 0.2) is 0 Å². The molecule has 2 aliphatic heterocycles. The molecule has 1 amide bonds. The Balaban J connectivity index is 1.58. The van der Waals surface area contributed by atoms with E-state index in [0.29, 0.717) is 26.1 Å². The highest BCUT2D eigenvalue weighted by atomic mass is 32.2. The van der Waals surface area contributed by atoms with Crippen LogP contribution < -0.4 is 10.3 Å². The van der Waals surface area contributed by atoms with Crippen LogP contribution in [0.15, 0.2) is 38.6 Å². The SMILES string of the molecule is CC(C)(C)CC(=O)N1C[C@@H]2C[C@H](C1)c1ccc(NS(=O)(=O)c3cccs3)c(=O)n1C2. The summed E-state index contributed by atoms with van der Waals surface area (Å²) in [4.78, 5) is 27.7. The number of nitrogens with zero attached hydrogens (tertiary/aromatic N) is 2. The van der Waals surface area contributed by atoms with Crippen molar-refractivity contribution in [3.63, 3.8) is 0 Å². The Morgan fingerprint density at radius 1 is 1.20 bits per heavy atom. The molecular weight excluding hydrogens is 422 g/mol. The van der Waals surface area contributed by atoms with E-state index in [1.165, 1.54) is 6.07 Å². The number of carbonyl (C=O) groups excluding carboxylic acids is 1. The zero-order chi connectivity index (χ0) is 21.7. The Morgan fingerprint density at radius 2 is 1.97 bits per heavy atom. The molecule has 4 heterocycles. The van der Waals surface area contributed by atoms with Crippen LogP contribution >= 0.6 is 11.3 Å². The molecule has 1 saturated heterocycles. The number of nitrogens with one attached hydrogen (secondary N) is 1. The second-order valence-corrected chi connectivity index (χ2v) is 12.3. The van der Waals surface area contributed by atoms with E-state index >= 15 is 0 Å². The first kappa shape index (κ1) is 21.1. The third-order valence-corrected chi connectivity index (χ3v) is 8.41. The van der Waals surface area contributed by atoms with Crippen LogP contribution in [0.4, 0.5) is 5.69 Å². The van der Waals surface area contributed by atoms with Gasteiger partial charge < -0.3 is 9.47 Å². The number of thiophene rings is 1. The number of hydrogen-bond donors (Lipinski definition) is 1. The monoisotopic (exact) mass is 449 g/mol. The summed E-state index contributed by atoms with van der Waals surface area (Å²) in [6.07, 6.45) is 1.45. The molecule has 2 aromatic heterocycles. The van der Waals surface area contributed by atoms with Gasteiger partial charge in [-0.1, -0.05) is 26.8 Å². The number of sulfonamides is 1. The van der Waals surface area contributed by atoms with Crippen molar-refractivity contribution in [1.29, 1.82) is 0 Å². The van der Waals surface area contributed by atoms with Crippen LogP contribution in [0.2, 0.25) is 0 Å². The number of rotatable bonds is 4. The lowest BCUT2D eigenvalue weighted by Gasteiger charge is -2.43. The van der Waals surface area contributed by atoms with Gasteiger partial charge in [-0.2, -0.15) is 0 Å². The number of anilines is 1. The molecule has 2 atom stereocenters. The van der Waals surface area contributed by atoms with Crippen LogP contribution in [0.1, 0.15) is 45.2 Å². The fraction of sp³-hybridized carbons (Fsp3) is 0.524. The molecule has 0 aromatic carbocycles. The molecule has 0 unspecified atom stereocenters. The predicted molar refractivity (Wildman–Crippen MR) is 117 cm³/mol. The Labute approximate surface area is 180 Å². The molecule has 0 aliphatic carbocycles. The summed E-state index contributed by atoms with van der Waals surface area (Å²) in [7, 11) is -3.77. The van der Waals surface area contributed by atoms with E-state index < -0.39 is 10.0 Å². The Morgan fingerprint density at radius 3 is 2.63 bits per heavy atom. The second kappa shape index (κ2) is 7.53. The third kappa shape index (κ3) is 4.18. The van der Waals surface area contributed by atoms with Crippen molar-refractivity contribution in [2.45, 2.75) is 50.3 Å². The number of likely N-dealkylation sites (tertiary alicyclic amines) is 1. The van der Waals surface area contributed by atoms with Crippen LogP contribution in [0.3, 0.4) is 0 Å². The summed E-state index contributed by atoms with van der Waals surface area (Å²) >= 11 is 1.11. The van der Waals surface area contributed by atoms with Crippen molar-refractivity contribution in [2.75, 3.05) is 17.8 Å². The molecule has 30 heavy (non-hydrogen) atoms. The summed E-state index contributed by atoms with van der Waals surface area (Å²) in [5.41, 5.74) is 0.556. The van der Waals surface area contributed by atoms with Gasteiger partial charge in [0.1, 0.15) is 9.90 Å². The molecule has 2 aliphatic rings. The summed E-state index contributed by atoms with van der Waals surface area (Å²) in [6.45, 7) is 7.92. The molecule has 9 heteroatoms. The number of carbonyl (C=O) groups is 1. The number of piperidine rings is 1. The molecule has 162 valence electrons. The lowest BCUT2D eigenvalue weighted by Crippen LogP contribution is -2.49. The molecule has 4 rings (SSSR count). The zero-order valence-corrected chi connectivity index (χ0v) is 19.1. The Bertz CT molecular complexity index is 1110. The molecule has 2 bridgehead atoms. The quantitative estimate of drug-likeness (QED) is 0.777. The lowest BCUT2D eigenvalue weighted by atomic mass is 9.82. The van der Waals surface area contributed by atoms with E-state index in [4.69, 9.17) is 0 Å². The van der Waals surface area contributed by atoms with E-state index in [0.717, 1.165) is 23.5 Å². The molecule has 7 nitrogen and oxygen atoms in total. The molecule has 2 aromatic rings. The van der Waals surface area contributed by atoms with E-state index in [1.54, 1.807) is 22.1 Å². The van der Waals surface area contributed by atoms with Gasteiger partial charge in [-0.25, -0.2) is 8.42 Å². The highest BCUT2D eigenvalue weighted by Gasteiger charge is 2.37. The Kier molecular flexibility index (Phi) is 5.30. The maximum Gasteiger partial charge on any atom is 0.275 e. The van der Waals surface area contributed by atoms with E-state index in [9.17, 15) is 18.0 Å². The van der Waals surface area contributed by atoms with Crippen molar-refractivity contribution >= 4 is 33.0 Å². The number of aromatic nitrogens is 1. The van der Waals surface area contributed by atoms with E-state index in [-0.39, 0.29) is 38.6 Å². The normalized spacial score (nSPS) is 21.2. The van der Waals surface area contributed by atoms with E-state index in [2.05, 4.69) is 25.5 Å². The second-order valence-electron chi connectivity index (χ2n) is 9.46. The summed E-state index contributed by atoms with van der Waals surface area (Å²) in [5, 5.41) is 1.68. The Hall–Kier alpha value is -2.13. The summed E-state index contributed by atoms with van der Waals surface area (Å²) in [5.74, 6) is 0.451. The zero-order valence-electron chi connectivity index (χ0n) is 17.4. The molecule has 0 spiro atoms. The van der Waals surface area contributed by atoms with Crippen LogP contribution in [0.5, 0.6) is 0 Å². The number of pyridine rings is 1. The number of amides is 1. The van der Waals surface area contributed by atoms with Crippen molar-refractivity contribution in [3.05, 3.63) is 45.7 Å². The highest BCUT2D eigenvalue weighted by Crippen LogP contribution is 2.36. The first-order valence-corrected chi connectivity index (χ1v) is 12.5. The smallest absolute Gasteiger partial charge is 0.275 e. The minimum Gasteiger partial charge on any atom is -0.342 e. The average molecular weight is 450 g/mol. The minimum atomic E-state index is -3.77. The lowest BCUT2D eigenvalue weighted by molar-refractivity contribution is -0.135. The molecule has 1 fully saturated rings. The third-order valence-electron chi connectivity index (χ3n) is 5.64. The van der Waals surface area contributed by atoms with Crippen molar-refractivity contribution < 1.29 is 13.2 Å². The van der Waals surface area contributed by atoms with E-state index in [1.807, 2.05) is 11.0 Å². The fourth-order valence-electron chi connectivity index (χ4n) is 4.40. The van der Waals surface area contributed by atoms with Gasteiger partial charge in [-0.3, -0.25) is 14.3 Å². The number of hydrogen-bond acceptors (Lipinski definition) is 5. The summed E-state index contributed by atoms with van der Waals surface area (Å²) < 4.78 is 29.3. The van der Waals surface area contributed by atoms with Gasteiger partial charge in [0.2, 0.25) is 5.91 Å². The van der Waals surface area contributed by atoms with Crippen LogP contribution in [-0.4, -0.2) is 36.9 Å². The van der Waals surface area contributed by atoms with Gasteiger partial charge in [0.25, 0.3) is 15.6 Å². The van der Waals surface area contributed by atoms with Crippen LogP contribution in [0.25, 0.3) is 0 Å². The maximum absolute atomic E-state index is 13.1. The van der Waals surface area contributed by atoms with Gasteiger partial charge in [-0.15, -0.1) is 11.3 Å². The highest BCUT2D eigenvalue weighted by molar-refractivity contribution is 7.94. The van der Waals surface area contributed by atoms with Gasteiger partial charge in [0, 0.05) is 37.7 Å². The van der Waals surface area contributed by atoms with Gasteiger partial charge >= 0.3 is 0 Å².